The van der Waals surface area contributed by atoms with Gasteiger partial charge in [0, 0.05) is 41.1 Å². The molecular formula is C36H26BrNS2. The second-order valence-corrected chi connectivity index (χ2v) is 12.2. The van der Waals surface area contributed by atoms with Gasteiger partial charge in [0.05, 0.1) is 0 Å². The predicted molar refractivity (Wildman–Crippen MR) is 175 cm³/mol. The number of benzene rings is 6. The Morgan fingerprint density at radius 1 is 0.400 bits per heavy atom. The summed E-state index contributed by atoms with van der Waals surface area (Å²) >= 11 is 7.50. The minimum Gasteiger partial charge on any atom is -0.311 e. The van der Waals surface area contributed by atoms with Crippen molar-refractivity contribution < 1.29 is 0 Å². The van der Waals surface area contributed by atoms with Gasteiger partial charge in [-0.3, -0.25) is 0 Å². The Morgan fingerprint density at radius 3 is 1.20 bits per heavy atom. The fraction of sp³-hybridized carbons (Fsp3) is 0. The highest BCUT2D eigenvalue weighted by atomic mass is 79.9. The SMILES string of the molecule is Brc1c(Sc2ccccc2)cc(-c2ccc(N(c3ccccc3)c3ccccc3)cc2)cc1Sc1ccccc1. The molecule has 0 saturated heterocycles. The van der Waals surface area contributed by atoms with Crippen LogP contribution in [0.3, 0.4) is 0 Å². The van der Waals surface area contributed by atoms with E-state index in [1.807, 2.05) is 0 Å². The lowest BCUT2D eigenvalue weighted by atomic mass is 10.0. The van der Waals surface area contributed by atoms with Gasteiger partial charge in [0.1, 0.15) is 0 Å². The number of hydrogen-bond acceptors (Lipinski definition) is 3. The summed E-state index contributed by atoms with van der Waals surface area (Å²) in [5.41, 5.74) is 5.76. The van der Waals surface area contributed by atoms with E-state index in [0.29, 0.717) is 0 Å². The third kappa shape index (κ3) is 6.20. The van der Waals surface area contributed by atoms with E-state index in [9.17, 15) is 0 Å². The third-order valence-corrected chi connectivity index (χ3v) is 9.91. The van der Waals surface area contributed by atoms with E-state index in [-0.39, 0.29) is 0 Å². The van der Waals surface area contributed by atoms with Gasteiger partial charge in [-0.05, 0) is 99.9 Å². The number of anilines is 3. The lowest BCUT2D eigenvalue weighted by Gasteiger charge is -2.25. The number of rotatable bonds is 8. The maximum absolute atomic E-state index is 3.94. The highest BCUT2D eigenvalue weighted by Crippen LogP contribution is 2.44. The van der Waals surface area contributed by atoms with Crippen LogP contribution in [0.15, 0.2) is 182 Å². The topological polar surface area (TPSA) is 3.24 Å². The summed E-state index contributed by atoms with van der Waals surface area (Å²) < 4.78 is 1.12. The minimum absolute atomic E-state index is 1.12. The van der Waals surface area contributed by atoms with Crippen molar-refractivity contribution in [3.63, 3.8) is 0 Å². The van der Waals surface area contributed by atoms with Gasteiger partial charge in [-0.2, -0.15) is 0 Å². The molecular weight excluding hydrogens is 590 g/mol. The molecule has 194 valence electrons. The quantitative estimate of drug-likeness (QED) is 0.168. The summed E-state index contributed by atoms with van der Waals surface area (Å²) in [4.78, 5) is 7.11. The molecule has 0 aliphatic rings. The monoisotopic (exact) mass is 615 g/mol. The largest absolute Gasteiger partial charge is 0.311 e. The molecule has 4 heteroatoms. The van der Waals surface area contributed by atoms with Crippen molar-refractivity contribution in [2.45, 2.75) is 19.6 Å². The van der Waals surface area contributed by atoms with Crippen LogP contribution in [-0.2, 0) is 0 Å². The van der Waals surface area contributed by atoms with Crippen molar-refractivity contribution in [1.29, 1.82) is 0 Å². The zero-order valence-electron chi connectivity index (χ0n) is 21.7. The van der Waals surface area contributed by atoms with E-state index >= 15 is 0 Å². The van der Waals surface area contributed by atoms with E-state index in [1.54, 1.807) is 23.5 Å². The maximum Gasteiger partial charge on any atom is 0.0462 e. The lowest BCUT2D eigenvalue weighted by molar-refractivity contribution is 1.26. The van der Waals surface area contributed by atoms with Gasteiger partial charge in [0.15, 0.2) is 0 Å². The number of hydrogen-bond donors (Lipinski definition) is 0. The summed E-state index contributed by atoms with van der Waals surface area (Å²) in [7, 11) is 0. The Bertz CT molecular complexity index is 1570. The first-order valence-corrected chi connectivity index (χ1v) is 15.5. The van der Waals surface area contributed by atoms with Gasteiger partial charge in [-0.25, -0.2) is 0 Å². The Labute approximate surface area is 253 Å². The molecule has 0 atom stereocenters. The van der Waals surface area contributed by atoms with Crippen LogP contribution >= 0.6 is 39.5 Å². The van der Waals surface area contributed by atoms with Gasteiger partial charge in [0.25, 0.3) is 0 Å². The zero-order valence-corrected chi connectivity index (χ0v) is 24.9. The van der Waals surface area contributed by atoms with E-state index < -0.39 is 0 Å². The van der Waals surface area contributed by atoms with Crippen LogP contribution in [0.4, 0.5) is 17.1 Å². The Morgan fingerprint density at radius 2 is 0.775 bits per heavy atom. The lowest BCUT2D eigenvalue weighted by Crippen LogP contribution is -2.09. The first kappa shape index (κ1) is 26.5. The molecule has 0 fully saturated rings. The van der Waals surface area contributed by atoms with Gasteiger partial charge in [-0.15, -0.1) is 0 Å². The van der Waals surface area contributed by atoms with Crippen LogP contribution < -0.4 is 4.90 Å². The Hall–Kier alpha value is -3.70. The van der Waals surface area contributed by atoms with Crippen LogP contribution in [0.25, 0.3) is 11.1 Å². The van der Waals surface area contributed by atoms with Crippen LogP contribution in [0.5, 0.6) is 0 Å². The van der Waals surface area contributed by atoms with Crippen LogP contribution in [0, 0.1) is 0 Å². The van der Waals surface area contributed by atoms with E-state index in [2.05, 4.69) is 179 Å². The highest BCUT2D eigenvalue weighted by molar-refractivity contribution is 9.10. The molecule has 0 aromatic heterocycles. The molecule has 0 radical (unpaired) electrons. The summed E-state index contributed by atoms with van der Waals surface area (Å²) in [6.07, 6.45) is 0. The first-order chi connectivity index (χ1) is 19.7. The molecule has 40 heavy (non-hydrogen) atoms. The molecule has 6 aromatic rings. The summed E-state index contributed by atoms with van der Waals surface area (Å²) in [6, 6.07) is 55.6. The number of para-hydroxylation sites is 2. The van der Waals surface area contributed by atoms with Gasteiger partial charge in [-0.1, -0.05) is 108 Å². The predicted octanol–water partition coefficient (Wildman–Crippen LogP) is 11.9. The van der Waals surface area contributed by atoms with E-state index in [0.717, 1.165) is 21.5 Å². The summed E-state index contributed by atoms with van der Waals surface area (Å²) in [5.74, 6) is 0. The Balaban J connectivity index is 1.39. The molecule has 0 N–H and O–H groups in total. The second-order valence-electron chi connectivity index (χ2n) is 9.17. The van der Waals surface area contributed by atoms with E-state index in [4.69, 9.17) is 0 Å². The molecule has 0 aliphatic heterocycles. The van der Waals surface area contributed by atoms with E-state index in [1.165, 1.54) is 30.7 Å². The fourth-order valence-corrected chi connectivity index (χ4v) is 7.17. The normalized spacial score (nSPS) is 10.8. The molecule has 0 spiro atoms. The smallest absolute Gasteiger partial charge is 0.0462 e. The van der Waals surface area contributed by atoms with Crippen molar-refractivity contribution in [2.75, 3.05) is 4.90 Å². The Kier molecular flexibility index (Phi) is 8.39. The molecule has 1 nitrogen and oxygen atoms in total. The van der Waals surface area contributed by atoms with Gasteiger partial charge < -0.3 is 4.90 Å². The first-order valence-electron chi connectivity index (χ1n) is 13.0. The van der Waals surface area contributed by atoms with Crippen molar-refractivity contribution in [2.24, 2.45) is 0 Å². The molecule has 0 saturated carbocycles. The third-order valence-electron chi connectivity index (χ3n) is 6.44. The summed E-state index contributed by atoms with van der Waals surface area (Å²) in [6.45, 7) is 0. The number of halogens is 1. The molecule has 6 aromatic carbocycles. The van der Waals surface area contributed by atoms with Crippen molar-refractivity contribution in [3.05, 3.63) is 162 Å². The van der Waals surface area contributed by atoms with Crippen molar-refractivity contribution in [3.8, 4) is 11.1 Å². The summed E-state index contributed by atoms with van der Waals surface area (Å²) in [5, 5.41) is 0. The van der Waals surface area contributed by atoms with Gasteiger partial charge in [0.2, 0.25) is 0 Å². The average Bonchev–Trinajstić information content (AvgIpc) is 3.02. The average molecular weight is 617 g/mol. The molecule has 0 amide bonds. The minimum atomic E-state index is 1.12. The van der Waals surface area contributed by atoms with Crippen LogP contribution in [0.1, 0.15) is 0 Å². The number of nitrogens with zero attached hydrogens (tertiary/aromatic N) is 1. The standard InChI is InChI=1S/C36H26BrNS2/c37-36-34(39-32-17-9-3-10-18-32)25-28(26-35(36)40-33-19-11-4-12-20-33)27-21-23-31(24-22-27)38(29-13-5-1-6-14-29)30-15-7-2-8-16-30/h1-26H. The second kappa shape index (κ2) is 12.6. The van der Waals surface area contributed by atoms with Crippen molar-refractivity contribution >= 4 is 56.5 Å². The molecule has 0 aliphatic carbocycles. The maximum atomic E-state index is 3.94. The zero-order chi connectivity index (χ0) is 27.1. The van der Waals surface area contributed by atoms with Crippen LogP contribution in [0.2, 0.25) is 0 Å². The molecule has 6 rings (SSSR count). The molecule has 0 heterocycles. The molecule has 0 bridgehead atoms. The van der Waals surface area contributed by atoms with Crippen LogP contribution in [-0.4, -0.2) is 0 Å². The fourth-order valence-electron chi connectivity index (χ4n) is 4.52. The van der Waals surface area contributed by atoms with Crippen molar-refractivity contribution in [1.82, 2.24) is 0 Å². The molecule has 0 unspecified atom stereocenters. The highest BCUT2D eigenvalue weighted by Gasteiger charge is 2.15. The van der Waals surface area contributed by atoms with Gasteiger partial charge >= 0.3 is 0 Å².